The van der Waals surface area contributed by atoms with E-state index in [0.717, 1.165) is 6.54 Å². The van der Waals surface area contributed by atoms with Crippen LogP contribution in [0.2, 0.25) is 0 Å². The molecule has 1 heterocycles. The van der Waals surface area contributed by atoms with Crippen LogP contribution in [0.25, 0.3) is 0 Å². The molecule has 0 aromatic heterocycles. The molecule has 1 atom stereocenters. The Kier molecular flexibility index (Phi) is 3.65. The Morgan fingerprint density at radius 3 is 2.73 bits per heavy atom. The predicted molar refractivity (Wildman–Crippen MR) is 62.1 cm³/mol. The van der Waals surface area contributed by atoms with Crippen LogP contribution in [0.1, 0.15) is 32.1 Å². The molecule has 0 aromatic rings. The van der Waals surface area contributed by atoms with Crippen molar-refractivity contribution >= 4 is 0 Å². The molecule has 3 heteroatoms. The van der Waals surface area contributed by atoms with E-state index in [1.807, 2.05) is 7.11 Å². The lowest BCUT2D eigenvalue weighted by Crippen LogP contribution is -2.54. The van der Waals surface area contributed by atoms with E-state index in [1.165, 1.54) is 45.2 Å². The minimum absolute atomic E-state index is 0.204. The molecule has 1 saturated carbocycles. The molecule has 1 aliphatic heterocycles. The van der Waals surface area contributed by atoms with Gasteiger partial charge < -0.3 is 10.1 Å². The number of methoxy groups -OCH3 is 1. The molecule has 0 radical (unpaired) electrons. The number of nitrogens with one attached hydrogen (secondary N) is 1. The Hall–Kier alpha value is -0.120. The zero-order chi connectivity index (χ0) is 10.7. The molecular weight excluding hydrogens is 188 g/mol. The highest BCUT2D eigenvalue weighted by molar-refractivity contribution is 4.93. The molecular formula is C12H24N2O. The summed E-state index contributed by atoms with van der Waals surface area (Å²) in [5.74, 6) is 0. The van der Waals surface area contributed by atoms with Gasteiger partial charge in [0.15, 0.2) is 0 Å². The SMILES string of the molecule is CNC1CCCN(CC2(OC)CCC2)C1. The van der Waals surface area contributed by atoms with E-state index in [0.29, 0.717) is 6.04 Å². The van der Waals surface area contributed by atoms with Crippen molar-refractivity contribution in [3.8, 4) is 0 Å². The van der Waals surface area contributed by atoms with Crippen LogP contribution < -0.4 is 5.32 Å². The summed E-state index contributed by atoms with van der Waals surface area (Å²) in [5.41, 5.74) is 0.204. The number of likely N-dealkylation sites (N-methyl/N-ethyl adjacent to an activating group) is 1. The van der Waals surface area contributed by atoms with Crippen LogP contribution >= 0.6 is 0 Å². The first-order valence-electron chi connectivity index (χ1n) is 6.23. The van der Waals surface area contributed by atoms with Gasteiger partial charge in [-0.3, -0.25) is 4.90 Å². The summed E-state index contributed by atoms with van der Waals surface area (Å²) in [6.45, 7) is 3.59. The third-order valence-corrected chi connectivity index (χ3v) is 4.12. The Bertz CT molecular complexity index is 198. The van der Waals surface area contributed by atoms with Crippen molar-refractivity contribution in [3.63, 3.8) is 0 Å². The maximum Gasteiger partial charge on any atom is 0.0805 e. The van der Waals surface area contributed by atoms with Crippen LogP contribution in [0.15, 0.2) is 0 Å². The average molecular weight is 212 g/mol. The second kappa shape index (κ2) is 4.81. The first-order valence-corrected chi connectivity index (χ1v) is 6.23. The van der Waals surface area contributed by atoms with Crippen LogP contribution in [-0.4, -0.2) is 50.3 Å². The topological polar surface area (TPSA) is 24.5 Å². The molecule has 1 aliphatic carbocycles. The van der Waals surface area contributed by atoms with Crippen LogP contribution in [0.4, 0.5) is 0 Å². The van der Waals surface area contributed by atoms with Gasteiger partial charge in [0.2, 0.25) is 0 Å². The third kappa shape index (κ3) is 2.52. The minimum atomic E-state index is 0.204. The van der Waals surface area contributed by atoms with Crippen molar-refractivity contribution in [1.29, 1.82) is 0 Å². The summed E-state index contributed by atoms with van der Waals surface area (Å²) in [7, 11) is 3.95. The zero-order valence-electron chi connectivity index (χ0n) is 10.1. The first-order chi connectivity index (χ1) is 7.28. The normalized spacial score (nSPS) is 31.2. The van der Waals surface area contributed by atoms with Gasteiger partial charge in [-0.2, -0.15) is 0 Å². The minimum Gasteiger partial charge on any atom is -0.377 e. The number of likely N-dealkylation sites (tertiary alicyclic amines) is 1. The first kappa shape index (κ1) is 11.4. The van der Waals surface area contributed by atoms with E-state index in [9.17, 15) is 0 Å². The fraction of sp³-hybridized carbons (Fsp3) is 1.00. The van der Waals surface area contributed by atoms with E-state index in [2.05, 4.69) is 17.3 Å². The quantitative estimate of drug-likeness (QED) is 0.759. The number of hydrogen-bond donors (Lipinski definition) is 1. The second-order valence-electron chi connectivity index (χ2n) is 5.10. The summed E-state index contributed by atoms with van der Waals surface area (Å²) >= 11 is 0. The molecule has 2 fully saturated rings. The molecule has 0 aromatic carbocycles. The molecule has 2 aliphatic rings. The van der Waals surface area contributed by atoms with E-state index in [-0.39, 0.29) is 5.60 Å². The van der Waals surface area contributed by atoms with Gasteiger partial charge >= 0.3 is 0 Å². The number of hydrogen-bond acceptors (Lipinski definition) is 3. The fourth-order valence-corrected chi connectivity index (χ4v) is 2.84. The zero-order valence-corrected chi connectivity index (χ0v) is 10.1. The Labute approximate surface area is 93.2 Å². The molecule has 1 saturated heterocycles. The lowest BCUT2D eigenvalue weighted by atomic mass is 9.79. The Morgan fingerprint density at radius 2 is 2.20 bits per heavy atom. The van der Waals surface area contributed by atoms with E-state index in [4.69, 9.17) is 4.74 Å². The number of ether oxygens (including phenoxy) is 1. The fourth-order valence-electron chi connectivity index (χ4n) is 2.84. The monoisotopic (exact) mass is 212 g/mol. The van der Waals surface area contributed by atoms with Gasteiger partial charge in [-0.15, -0.1) is 0 Å². The third-order valence-electron chi connectivity index (χ3n) is 4.12. The molecule has 15 heavy (non-hydrogen) atoms. The summed E-state index contributed by atoms with van der Waals surface area (Å²) in [5, 5.41) is 3.39. The largest absolute Gasteiger partial charge is 0.377 e. The molecule has 0 spiro atoms. The van der Waals surface area contributed by atoms with Gasteiger partial charge in [0.25, 0.3) is 0 Å². The predicted octanol–water partition coefficient (Wildman–Crippen LogP) is 1.24. The van der Waals surface area contributed by atoms with Crippen molar-refractivity contribution in [2.24, 2.45) is 0 Å². The van der Waals surface area contributed by atoms with Crippen LogP contribution in [-0.2, 0) is 4.74 Å². The van der Waals surface area contributed by atoms with E-state index < -0.39 is 0 Å². The second-order valence-corrected chi connectivity index (χ2v) is 5.10. The maximum absolute atomic E-state index is 5.68. The standard InChI is InChI=1S/C12H24N2O/c1-13-11-5-3-8-14(9-11)10-12(15-2)6-4-7-12/h11,13H,3-10H2,1-2H3. The van der Waals surface area contributed by atoms with Crippen LogP contribution in [0.5, 0.6) is 0 Å². The molecule has 1 unspecified atom stereocenters. The maximum atomic E-state index is 5.68. The average Bonchev–Trinajstić information content (AvgIpc) is 2.24. The highest BCUT2D eigenvalue weighted by Crippen LogP contribution is 2.36. The molecule has 3 nitrogen and oxygen atoms in total. The summed E-state index contributed by atoms with van der Waals surface area (Å²) in [4.78, 5) is 2.58. The van der Waals surface area contributed by atoms with Gasteiger partial charge in [0.05, 0.1) is 5.60 Å². The van der Waals surface area contributed by atoms with Crippen molar-refractivity contribution < 1.29 is 4.74 Å². The number of rotatable bonds is 4. The van der Waals surface area contributed by atoms with Gasteiger partial charge in [0.1, 0.15) is 0 Å². The van der Waals surface area contributed by atoms with Crippen LogP contribution in [0.3, 0.4) is 0 Å². The number of piperidine rings is 1. The highest BCUT2D eigenvalue weighted by Gasteiger charge is 2.39. The van der Waals surface area contributed by atoms with E-state index >= 15 is 0 Å². The molecule has 0 amide bonds. The molecule has 2 rings (SSSR count). The Morgan fingerprint density at radius 1 is 1.40 bits per heavy atom. The smallest absolute Gasteiger partial charge is 0.0805 e. The summed E-state index contributed by atoms with van der Waals surface area (Å²) in [6, 6.07) is 0.688. The molecule has 1 N–H and O–H groups in total. The van der Waals surface area contributed by atoms with Crippen LogP contribution in [0, 0.1) is 0 Å². The van der Waals surface area contributed by atoms with Crippen molar-refractivity contribution in [3.05, 3.63) is 0 Å². The highest BCUT2D eigenvalue weighted by atomic mass is 16.5. The lowest BCUT2D eigenvalue weighted by Gasteiger charge is -2.45. The van der Waals surface area contributed by atoms with Gasteiger partial charge in [-0.25, -0.2) is 0 Å². The van der Waals surface area contributed by atoms with Crippen molar-refractivity contribution in [2.45, 2.75) is 43.7 Å². The van der Waals surface area contributed by atoms with Crippen molar-refractivity contribution in [1.82, 2.24) is 10.2 Å². The lowest BCUT2D eigenvalue weighted by molar-refractivity contribution is -0.0945. The molecule has 88 valence electrons. The number of nitrogens with zero attached hydrogens (tertiary/aromatic N) is 1. The van der Waals surface area contributed by atoms with Gasteiger partial charge in [-0.05, 0) is 45.7 Å². The Balaban J connectivity index is 1.82. The molecule has 0 bridgehead atoms. The summed E-state index contributed by atoms with van der Waals surface area (Å²) < 4.78 is 5.68. The van der Waals surface area contributed by atoms with Gasteiger partial charge in [-0.1, -0.05) is 0 Å². The van der Waals surface area contributed by atoms with E-state index in [1.54, 1.807) is 0 Å². The summed E-state index contributed by atoms with van der Waals surface area (Å²) in [6.07, 6.45) is 6.50. The van der Waals surface area contributed by atoms with Gasteiger partial charge in [0, 0.05) is 26.2 Å². The van der Waals surface area contributed by atoms with Crippen molar-refractivity contribution in [2.75, 3.05) is 33.8 Å².